The Morgan fingerprint density at radius 1 is 1.33 bits per heavy atom. The summed E-state index contributed by atoms with van der Waals surface area (Å²) < 4.78 is 37.5. The van der Waals surface area contributed by atoms with Gasteiger partial charge in [-0.3, -0.25) is 0 Å². The zero-order chi connectivity index (χ0) is 13.6. The van der Waals surface area contributed by atoms with E-state index in [4.69, 9.17) is 26.8 Å². The normalized spacial score (nSPS) is 24.8. The molecule has 2 rings (SSSR count). The van der Waals surface area contributed by atoms with E-state index in [2.05, 4.69) is 0 Å². The molecule has 6 heteroatoms. The predicted octanol–water partition coefficient (Wildman–Crippen LogP) is 2.59. The molecular weight excluding hydrogens is 264 g/mol. The molecule has 1 aliphatic rings. The number of hydrogen-bond donors (Lipinski definition) is 1. The van der Waals surface area contributed by atoms with Gasteiger partial charge in [0.15, 0.2) is 11.5 Å². The standard InChI is InChI=1S/C12H14ClF2NO2/c1-17-9-4-7(13)3-8(10(9)18-2)11(6-16)5-12(11,14)15/h3-4H,5-6,16H2,1-2H3. The van der Waals surface area contributed by atoms with Crippen LogP contribution in [0, 0.1) is 0 Å². The summed E-state index contributed by atoms with van der Waals surface area (Å²) in [6, 6.07) is 2.99. The molecule has 18 heavy (non-hydrogen) atoms. The maximum absolute atomic E-state index is 13.6. The molecule has 1 aliphatic carbocycles. The smallest absolute Gasteiger partial charge is 0.260 e. The molecule has 1 unspecified atom stereocenters. The van der Waals surface area contributed by atoms with Crippen molar-refractivity contribution in [3.63, 3.8) is 0 Å². The average molecular weight is 278 g/mol. The van der Waals surface area contributed by atoms with Crippen molar-refractivity contribution in [3.8, 4) is 11.5 Å². The molecule has 0 saturated heterocycles. The van der Waals surface area contributed by atoms with Gasteiger partial charge in [0.25, 0.3) is 5.92 Å². The summed E-state index contributed by atoms with van der Waals surface area (Å²) in [4.78, 5) is 0. The summed E-state index contributed by atoms with van der Waals surface area (Å²) >= 11 is 5.92. The van der Waals surface area contributed by atoms with E-state index in [-0.39, 0.29) is 18.7 Å². The Kier molecular flexibility index (Phi) is 3.15. The Balaban J connectivity index is 2.61. The van der Waals surface area contributed by atoms with Crippen LogP contribution >= 0.6 is 11.6 Å². The van der Waals surface area contributed by atoms with E-state index < -0.39 is 11.3 Å². The van der Waals surface area contributed by atoms with Gasteiger partial charge >= 0.3 is 0 Å². The van der Waals surface area contributed by atoms with Gasteiger partial charge < -0.3 is 15.2 Å². The molecule has 0 radical (unpaired) electrons. The largest absolute Gasteiger partial charge is 0.493 e. The van der Waals surface area contributed by atoms with Gasteiger partial charge in [0.05, 0.1) is 19.6 Å². The van der Waals surface area contributed by atoms with Crippen molar-refractivity contribution >= 4 is 11.6 Å². The first-order valence-electron chi connectivity index (χ1n) is 5.42. The molecule has 100 valence electrons. The fraction of sp³-hybridized carbons (Fsp3) is 0.500. The molecule has 1 saturated carbocycles. The molecule has 1 aromatic rings. The lowest BCUT2D eigenvalue weighted by Gasteiger charge is -2.20. The topological polar surface area (TPSA) is 44.5 Å². The number of benzene rings is 1. The van der Waals surface area contributed by atoms with E-state index in [1.165, 1.54) is 26.4 Å². The van der Waals surface area contributed by atoms with E-state index in [1.54, 1.807) is 0 Å². The number of methoxy groups -OCH3 is 2. The Morgan fingerprint density at radius 2 is 1.94 bits per heavy atom. The second-order valence-electron chi connectivity index (χ2n) is 4.36. The minimum absolute atomic E-state index is 0.167. The lowest BCUT2D eigenvalue weighted by molar-refractivity contribution is 0.0888. The van der Waals surface area contributed by atoms with E-state index >= 15 is 0 Å². The van der Waals surface area contributed by atoms with Crippen molar-refractivity contribution in [1.29, 1.82) is 0 Å². The third-order valence-corrected chi connectivity index (χ3v) is 3.62. The van der Waals surface area contributed by atoms with Crippen molar-refractivity contribution in [2.24, 2.45) is 5.73 Å². The highest BCUT2D eigenvalue weighted by Crippen LogP contribution is 2.63. The minimum Gasteiger partial charge on any atom is -0.493 e. The average Bonchev–Trinajstić information content (AvgIpc) is 2.91. The quantitative estimate of drug-likeness (QED) is 0.920. The Labute approximate surface area is 109 Å². The fourth-order valence-corrected chi connectivity index (χ4v) is 2.45. The zero-order valence-electron chi connectivity index (χ0n) is 10.1. The molecule has 1 atom stereocenters. The molecule has 1 aromatic carbocycles. The molecule has 0 aromatic heterocycles. The molecule has 0 heterocycles. The van der Waals surface area contributed by atoms with Crippen LogP contribution in [0.15, 0.2) is 12.1 Å². The van der Waals surface area contributed by atoms with Gasteiger partial charge in [-0.25, -0.2) is 8.78 Å². The number of ether oxygens (including phenoxy) is 2. The molecule has 3 nitrogen and oxygen atoms in total. The number of alkyl halides is 2. The molecule has 1 fully saturated rings. The van der Waals surface area contributed by atoms with E-state index in [9.17, 15) is 8.78 Å². The monoisotopic (exact) mass is 277 g/mol. The van der Waals surface area contributed by atoms with Crippen LogP contribution in [0.2, 0.25) is 5.02 Å². The van der Waals surface area contributed by atoms with Crippen LogP contribution in [-0.2, 0) is 5.41 Å². The summed E-state index contributed by atoms with van der Waals surface area (Å²) in [6.45, 7) is -0.167. The second-order valence-corrected chi connectivity index (χ2v) is 4.79. The summed E-state index contributed by atoms with van der Waals surface area (Å²) in [7, 11) is 2.83. The van der Waals surface area contributed by atoms with Crippen LogP contribution in [0.25, 0.3) is 0 Å². The third kappa shape index (κ3) is 1.73. The summed E-state index contributed by atoms with van der Waals surface area (Å²) in [5.41, 5.74) is 4.44. The second kappa shape index (κ2) is 4.24. The maximum atomic E-state index is 13.6. The highest BCUT2D eigenvalue weighted by Gasteiger charge is 2.72. The first-order valence-corrected chi connectivity index (χ1v) is 5.79. The van der Waals surface area contributed by atoms with Crippen molar-refractivity contribution in [3.05, 3.63) is 22.7 Å². The maximum Gasteiger partial charge on any atom is 0.260 e. The van der Waals surface area contributed by atoms with Crippen LogP contribution < -0.4 is 15.2 Å². The van der Waals surface area contributed by atoms with Gasteiger partial charge in [-0.15, -0.1) is 0 Å². The number of hydrogen-bond acceptors (Lipinski definition) is 3. The number of halogens is 3. The Bertz CT molecular complexity index is 481. The summed E-state index contributed by atoms with van der Waals surface area (Å²) in [5, 5.41) is 0.318. The van der Waals surface area contributed by atoms with E-state index in [0.717, 1.165) is 0 Å². The minimum atomic E-state index is -2.83. The highest BCUT2D eigenvalue weighted by molar-refractivity contribution is 6.30. The van der Waals surface area contributed by atoms with Gasteiger partial charge in [-0.05, 0) is 6.07 Å². The lowest BCUT2D eigenvalue weighted by Crippen LogP contribution is -2.27. The van der Waals surface area contributed by atoms with E-state index in [0.29, 0.717) is 16.3 Å². The van der Waals surface area contributed by atoms with Crippen LogP contribution in [0.1, 0.15) is 12.0 Å². The van der Waals surface area contributed by atoms with Crippen LogP contribution in [0.5, 0.6) is 11.5 Å². The summed E-state index contributed by atoms with van der Waals surface area (Å²) in [5.74, 6) is -2.23. The fourth-order valence-electron chi connectivity index (χ4n) is 2.24. The SMILES string of the molecule is COc1cc(Cl)cc(C2(CN)CC2(F)F)c1OC. The third-order valence-electron chi connectivity index (χ3n) is 3.41. The zero-order valence-corrected chi connectivity index (χ0v) is 10.9. The molecule has 0 bridgehead atoms. The van der Waals surface area contributed by atoms with Crippen molar-refractivity contribution in [2.45, 2.75) is 17.8 Å². The Morgan fingerprint density at radius 3 is 2.33 bits per heavy atom. The molecule has 0 aliphatic heterocycles. The van der Waals surface area contributed by atoms with E-state index in [1.807, 2.05) is 0 Å². The number of rotatable bonds is 4. The van der Waals surface area contributed by atoms with Crippen LogP contribution in [-0.4, -0.2) is 26.7 Å². The van der Waals surface area contributed by atoms with Gasteiger partial charge in [0.2, 0.25) is 0 Å². The lowest BCUT2D eigenvalue weighted by atomic mass is 9.94. The molecule has 0 spiro atoms. The van der Waals surface area contributed by atoms with Gasteiger partial charge in [0.1, 0.15) is 0 Å². The van der Waals surface area contributed by atoms with Gasteiger partial charge in [-0.1, -0.05) is 11.6 Å². The molecule has 2 N–H and O–H groups in total. The first kappa shape index (κ1) is 13.4. The Hall–Kier alpha value is -1.07. The first-order chi connectivity index (χ1) is 8.41. The van der Waals surface area contributed by atoms with Crippen molar-refractivity contribution in [1.82, 2.24) is 0 Å². The molecular formula is C12H14ClF2NO2. The van der Waals surface area contributed by atoms with Crippen molar-refractivity contribution < 1.29 is 18.3 Å². The predicted molar refractivity (Wildman–Crippen MR) is 64.9 cm³/mol. The number of nitrogens with two attached hydrogens (primary N) is 1. The van der Waals surface area contributed by atoms with Crippen LogP contribution in [0.3, 0.4) is 0 Å². The van der Waals surface area contributed by atoms with Gasteiger partial charge in [-0.2, -0.15) is 0 Å². The van der Waals surface area contributed by atoms with Crippen LogP contribution in [0.4, 0.5) is 8.78 Å². The summed E-state index contributed by atoms with van der Waals surface area (Å²) in [6.07, 6.45) is -0.295. The molecule has 0 amide bonds. The van der Waals surface area contributed by atoms with Crippen molar-refractivity contribution in [2.75, 3.05) is 20.8 Å². The highest BCUT2D eigenvalue weighted by atomic mass is 35.5. The van der Waals surface area contributed by atoms with Gasteiger partial charge in [0, 0.05) is 29.6 Å².